The lowest BCUT2D eigenvalue weighted by Gasteiger charge is -2.17. The van der Waals surface area contributed by atoms with Gasteiger partial charge in [0, 0.05) is 5.69 Å². The van der Waals surface area contributed by atoms with Gasteiger partial charge in [-0.25, -0.2) is 9.69 Å². The smallest absolute Gasteiger partial charge is 0.335 e. The van der Waals surface area contributed by atoms with Crippen molar-refractivity contribution < 1.29 is 19.5 Å². The van der Waals surface area contributed by atoms with E-state index in [4.69, 9.17) is 5.11 Å². The average molecular weight is 338 g/mol. The number of aromatic carboxylic acids is 1. The highest BCUT2D eigenvalue weighted by molar-refractivity contribution is 6.23. The van der Waals surface area contributed by atoms with E-state index >= 15 is 0 Å². The number of benzene rings is 2. The molecule has 0 saturated carbocycles. The summed E-state index contributed by atoms with van der Waals surface area (Å²) in [5.41, 5.74) is 3.22. The van der Waals surface area contributed by atoms with E-state index in [1.54, 1.807) is 6.07 Å². The molecule has 1 fully saturated rings. The summed E-state index contributed by atoms with van der Waals surface area (Å²) in [5.74, 6) is -1.84. The first-order valence-corrected chi connectivity index (χ1v) is 7.91. The van der Waals surface area contributed by atoms with Crippen molar-refractivity contribution in [2.75, 3.05) is 10.2 Å². The molecule has 25 heavy (non-hydrogen) atoms. The Morgan fingerprint density at radius 3 is 2.60 bits per heavy atom. The second-order valence-electron chi connectivity index (χ2n) is 6.14. The van der Waals surface area contributed by atoms with Crippen molar-refractivity contribution in [1.29, 1.82) is 0 Å². The molecule has 0 aromatic heterocycles. The van der Waals surface area contributed by atoms with Crippen LogP contribution in [-0.2, 0) is 9.59 Å². The van der Waals surface area contributed by atoms with E-state index < -0.39 is 12.0 Å². The van der Waals surface area contributed by atoms with Crippen molar-refractivity contribution in [3.63, 3.8) is 0 Å². The van der Waals surface area contributed by atoms with Crippen LogP contribution in [0.5, 0.6) is 0 Å². The topological polar surface area (TPSA) is 86.7 Å². The van der Waals surface area contributed by atoms with Gasteiger partial charge in [0.25, 0.3) is 5.91 Å². The molecule has 0 spiro atoms. The highest BCUT2D eigenvalue weighted by atomic mass is 16.4. The monoisotopic (exact) mass is 338 g/mol. The molecule has 2 aromatic rings. The van der Waals surface area contributed by atoms with Crippen LogP contribution in [0.15, 0.2) is 42.5 Å². The van der Waals surface area contributed by atoms with Gasteiger partial charge >= 0.3 is 5.97 Å². The van der Waals surface area contributed by atoms with Gasteiger partial charge in [0.15, 0.2) is 0 Å². The molecular formula is C19H18N2O4. The summed E-state index contributed by atoms with van der Waals surface area (Å²) in [7, 11) is 0. The van der Waals surface area contributed by atoms with E-state index in [1.807, 2.05) is 32.0 Å². The van der Waals surface area contributed by atoms with Crippen LogP contribution in [0.2, 0.25) is 0 Å². The Bertz CT molecular complexity index is 875. The normalized spacial score (nSPS) is 17.0. The Kier molecular flexibility index (Phi) is 4.27. The van der Waals surface area contributed by atoms with Crippen LogP contribution in [0.3, 0.4) is 0 Å². The quantitative estimate of drug-likeness (QED) is 0.837. The average Bonchev–Trinajstić information content (AvgIpc) is 2.84. The summed E-state index contributed by atoms with van der Waals surface area (Å²) in [6, 6.07) is 11.0. The number of nitrogens with zero attached hydrogens (tertiary/aromatic N) is 1. The van der Waals surface area contributed by atoms with Crippen molar-refractivity contribution in [3.05, 3.63) is 59.2 Å². The Labute approximate surface area is 145 Å². The molecule has 1 aliphatic rings. The Hall–Kier alpha value is -3.15. The maximum absolute atomic E-state index is 12.7. The highest BCUT2D eigenvalue weighted by Gasteiger charge is 2.39. The molecule has 0 unspecified atom stereocenters. The number of nitrogens with one attached hydrogen (secondary N) is 1. The number of carbonyl (C=O) groups is 3. The fourth-order valence-corrected chi connectivity index (χ4v) is 2.96. The van der Waals surface area contributed by atoms with E-state index in [1.165, 1.54) is 18.2 Å². The van der Waals surface area contributed by atoms with Crippen molar-refractivity contribution in [2.24, 2.45) is 0 Å². The summed E-state index contributed by atoms with van der Waals surface area (Å²) in [4.78, 5) is 37.1. The SMILES string of the molecule is Cc1ccc(N[C@@H]2CC(=O)N(c3cccc(C(=O)O)c3)C2=O)c(C)c1. The zero-order chi connectivity index (χ0) is 18.1. The van der Waals surface area contributed by atoms with Crippen molar-refractivity contribution in [1.82, 2.24) is 0 Å². The summed E-state index contributed by atoms with van der Waals surface area (Å²) >= 11 is 0. The molecule has 1 atom stereocenters. The number of anilines is 2. The number of carboxylic acids is 1. The number of amides is 2. The predicted molar refractivity (Wildman–Crippen MR) is 93.8 cm³/mol. The van der Waals surface area contributed by atoms with Gasteiger partial charge in [-0.2, -0.15) is 0 Å². The number of rotatable bonds is 4. The minimum Gasteiger partial charge on any atom is -0.478 e. The standard InChI is InChI=1S/C19H18N2O4/c1-11-6-7-15(12(2)8-11)20-16-10-17(22)21(18(16)23)14-5-3-4-13(9-14)19(24)25/h3-9,16,20H,10H2,1-2H3,(H,24,25)/t16-/m1/s1. The summed E-state index contributed by atoms with van der Waals surface area (Å²) < 4.78 is 0. The first-order valence-electron chi connectivity index (χ1n) is 7.91. The number of imide groups is 1. The molecule has 0 aliphatic carbocycles. The van der Waals surface area contributed by atoms with Gasteiger partial charge in [0.1, 0.15) is 6.04 Å². The van der Waals surface area contributed by atoms with Crippen LogP contribution in [0.4, 0.5) is 11.4 Å². The largest absolute Gasteiger partial charge is 0.478 e. The summed E-state index contributed by atoms with van der Waals surface area (Å²) in [5, 5.41) is 12.2. The second kappa shape index (κ2) is 6.39. The molecule has 2 amide bonds. The van der Waals surface area contributed by atoms with E-state index in [2.05, 4.69) is 5.32 Å². The molecule has 1 saturated heterocycles. The van der Waals surface area contributed by atoms with Crippen molar-refractivity contribution >= 4 is 29.2 Å². The molecule has 1 heterocycles. The molecule has 3 rings (SSSR count). The Balaban J connectivity index is 1.85. The molecule has 0 bridgehead atoms. The fourth-order valence-electron chi connectivity index (χ4n) is 2.96. The molecule has 6 nitrogen and oxygen atoms in total. The summed E-state index contributed by atoms with van der Waals surface area (Å²) in [6.45, 7) is 3.92. The third kappa shape index (κ3) is 3.24. The van der Waals surface area contributed by atoms with E-state index in [-0.39, 0.29) is 29.5 Å². The van der Waals surface area contributed by atoms with Crippen molar-refractivity contribution in [3.8, 4) is 0 Å². The lowest BCUT2D eigenvalue weighted by atomic mass is 10.1. The van der Waals surface area contributed by atoms with Crippen LogP contribution in [0, 0.1) is 13.8 Å². The molecule has 2 aromatic carbocycles. The van der Waals surface area contributed by atoms with Gasteiger partial charge in [0.2, 0.25) is 5.91 Å². The molecule has 1 aliphatic heterocycles. The fraction of sp³-hybridized carbons (Fsp3) is 0.211. The molecule has 0 radical (unpaired) electrons. The first kappa shape index (κ1) is 16.7. The lowest BCUT2D eigenvalue weighted by Crippen LogP contribution is -2.35. The zero-order valence-corrected chi connectivity index (χ0v) is 13.9. The minimum atomic E-state index is -1.11. The summed E-state index contributed by atoms with van der Waals surface area (Å²) in [6.07, 6.45) is 0.0312. The molecule has 6 heteroatoms. The number of hydrogen-bond donors (Lipinski definition) is 2. The minimum absolute atomic E-state index is 0.0312. The van der Waals surface area contributed by atoms with E-state index in [9.17, 15) is 14.4 Å². The van der Waals surface area contributed by atoms with E-state index in [0.717, 1.165) is 21.7 Å². The first-order chi connectivity index (χ1) is 11.9. The number of aryl methyl sites for hydroxylation is 2. The molecular weight excluding hydrogens is 320 g/mol. The van der Waals surface area contributed by atoms with Crippen LogP contribution in [0.1, 0.15) is 27.9 Å². The number of hydrogen-bond acceptors (Lipinski definition) is 4. The van der Waals surface area contributed by atoms with E-state index in [0.29, 0.717) is 0 Å². The van der Waals surface area contributed by atoms with Gasteiger partial charge in [-0.1, -0.05) is 23.8 Å². The maximum Gasteiger partial charge on any atom is 0.335 e. The van der Waals surface area contributed by atoms with Gasteiger partial charge in [0.05, 0.1) is 17.7 Å². The van der Waals surface area contributed by atoms with Gasteiger partial charge < -0.3 is 10.4 Å². The van der Waals surface area contributed by atoms with Gasteiger partial charge in [-0.05, 0) is 43.7 Å². The lowest BCUT2D eigenvalue weighted by molar-refractivity contribution is -0.121. The van der Waals surface area contributed by atoms with Crippen LogP contribution in [0.25, 0.3) is 0 Å². The van der Waals surface area contributed by atoms with Crippen LogP contribution >= 0.6 is 0 Å². The number of carboxylic acid groups (broad SMARTS) is 1. The number of carbonyl (C=O) groups excluding carboxylic acids is 2. The Morgan fingerprint density at radius 1 is 1.16 bits per heavy atom. The van der Waals surface area contributed by atoms with Crippen LogP contribution < -0.4 is 10.2 Å². The molecule has 128 valence electrons. The molecule has 2 N–H and O–H groups in total. The van der Waals surface area contributed by atoms with Gasteiger partial charge in [-0.3, -0.25) is 9.59 Å². The second-order valence-corrected chi connectivity index (χ2v) is 6.14. The van der Waals surface area contributed by atoms with Crippen LogP contribution in [-0.4, -0.2) is 28.9 Å². The predicted octanol–water partition coefficient (Wildman–Crippen LogP) is 2.75. The maximum atomic E-state index is 12.7. The van der Waals surface area contributed by atoms with Crippen molar-refractivity contribution in [2.45, 2.75) is 26.3 Å². The third-order valence-electron chi connectivity index (χ3n) is 4.21. The third-order valence-corrected chi connectivity index (χ3v) is 4.21. The van der Waals surface area contributed by atoms with Gasteiger partial charge in [-0.15, -0.1) is 0 Å². The zero-order valence-electron chi connectivity index (χ0n) is 13.9. The highest BCUT2D eigenvalue weighted by Crippen LogP contribution is 2.27. The Morgan fingerprint density at radius 2 is 1.92 bits per heavy atom.